The summed E-state index contributed by atoms with van der Waals surface area (Å²) in [4.78, 5) is 29.2. The predicted molar refractivity (Wildman–Crippen MR) is 95.3 cm³/mol. The average Bonchev–Trinajstić information content (AvgIpc) is 3.29. The monoisotopic (exact) mass is 355 g/mol. The number of rotatable bonds is 5. The lowest BCUT2D eigenvalue weighted by Crippen LogP contribution is -2.29. The van der Waals surface area contributed by atoms with Crippen molar-refractivity contribution >= 4 is 22.4 Å². The Balaban J connectivity index is 1.62. The lowest BCUT2D eigenvalue weighted by atomic mass is 10.3. The van der Waals surface area contributed by atoms with Crippen molar-refractivity contribution in [1.82, 2.24) is 19.3 Å². The first-order valence-electron chi connectivity index (χ1n) is 8.09. The zero-order valence-corrected chi connectivity index (χ0v) is 14.5. The molecule has 0 bridgehead atoms. The van der Waals surface area contributed by atoms with Gasteiger partial charge in [-0.1, -0.05) is 18.2 Å². The molecule has 8 heteroatoms. The Hall–Kier alpha value is -2.74. The van der Waals surface area contributed by atoms with Gasteiger partial charge in [0.2, 0.25) is 5.91 Å². The van der Waals surface area contributed by atoms with Gasteiger partial charge in [-0.3, -0.25) is 4.79 Å². The van der Waals surface area contributed by atoms with Crippen LogP contribution < -0.4 is 11.0 Å². The molecule has 128 valence electrons. The molecule has 1 fully saturated rings. The lowest BCUT2D eigenvalue weighted by molar-refractivity contribution is -0.117. The molecule has 2 heterocycles. The van der Waals surface area contributed by atoms with E-state index in [0.717, 1.165) is 30.0 Å². The van der Waals surface area contributed by atoms with Crippen molar-refractivity contribution < 1.29 is 4.79 Å². The van der Waals surface area contributed by atoms with E-state index in [0.29, 0.717) is 11.0 Å². The van der Waals surface area contributed by atoms with Gasteiger partial charge >= 0.3 is 5.69 Å². The van der Waals surface area contributed by atoms with Gasteiger partial charge in [-0.25, -0.2) is 19.0 Å². The number of carbonyl (C=O) groups excluding carboxylic acids is 1. The van der Waals surface area contributed by atoms with Crippen molar-refractivity contribution in [2.75, 3.05) is 5.32 Å². The Bertz CT molecular complexity index is 969. The number of anilines is 1. The summed E-state index contributed by atoms with van der Waals surface area (Å²) in [5.74, 6) is 0.712. The van der Waals surface area contributed by atoms with Gasteiger partial charge < -0.3 is 5.32 Å². The number of hydrogen-bond donors (Lipinski definition) is 1. The van der Waals surface area contributed by atoms with Gasteiger partial charge in [0, 0.05) is 11.3 Å². The third-order valence-corrected chi connectivity index (χ3v) is 4.86. The normalized spacial score (nSPS) is 13.8. The molecular formula is C17H17N5O2S. The Labute approximate surface area is 147 Å². The number of hydrogen-bond acceptors (Lipinski definition) is 5. The molecule has 25 heavy (non-hydrogen) atoms. The third-order valence-electron chi connectivity index (χ3n) is 3.98. The Kier molecular flexibility index (Phi) is 3.96. The molecule has 0 saturated heterocycles. The second-order valence-corrected chi connectivity index (χ2v) is 6.94. The number of benzene rings is 1. The lowest BCUT2D eigenvalue weighted by Gasteiger charge is -2.03. The van der Waals surface area contributed by atoms with Crippen LogP contribution in [0.15, 0.2) is 40.5 Å². The molecule has 7 nitrogen and oxygen atoms in total. The quantitative estimate of drug-likeness (QED) is 0.761. The number of thiazole rings is 1. The maximum absolute atomic E-state index is 12.8. The van der Waals surface area contributed by atoms with E-state index in [-0.39, 0.29) is 18.1 Å². The van der Waals surface area contributed by atoms with Crippen LogP contribution in [0.1, 0.15) is 30.3 Å². The van der Waals surface area contributed by atoms with Gasteiger partial charge in [-0.15, -0.1) is 11.3 Å². The largest absolute Gasteiger partial charge is 0.351 e. The van der Waals surface area contributed by atoms with Crippen LogP contribution in [0.2, 0.25) is 0 Å². The number of nitrogens with zero attached hydrogens (tertiary/aromatic N) is 4. The fourth-order valence-corrected chi connectivity index (χ4v) is 3.36. The average molecular weight is 355 g/mol. The van der Waals surface area contributed by atoms with Gasteiger partial charge in [-0.2, -0.15) is 5.10 Å². The first kappa shape index (κ1) is 15.8. The maximum atomic E-state index is 12.8. The summed E-state index contributed by atoms with van der Waals surface area (Å²) in [5.41, 5.74) is 1.33. The molecule has 1 saturated carbocycles. The van der Waals surface area contributed by atoms with E-state index in [1.165, 1.54) is 16.0 Å². The molecule has 1 aliphatic carbocycles. The van der Waals surface area contributed by atoms with E-state index in [4.69, 9.17) is 0 Å². The third kappa shape index (κ3) is 3.25. The number of nitrogens with one attached hydrogen (secondary N) is 1. The van der Waals surface area contributed by atoms with Gasteiger partial charge in [0.25, 0.3) is 0 Å². The zero-order chi connectivity index (χ0) is 17.4. The standard InChI is InChI=1S/C17H17N5O2S/c1-11-10-25-16(18-11)19-14(23)9-21-17(24)22(13-5-3-2-4-6-13)15(20-21)12-7-8-12/h2-6,10,12H,7-9H2,1H3,(H,18,19,23). The number of carbonyl (C=O) groups is 1. The summed E-state index contributed by atoms with van der Waals surface area (Å²) in [7, 11) is 0. The van der Waals surface area contributed by atoms with Crippen molar-refractivity contribution in [2.24, 2.45) is 0 Å². The van der Waals surface area contributed by atoms with E-state index < -0.39 is 0 Å². The maximum Gasteiger partial charge on any atom is 0.351 e. The van der Waals surface area contributed by atoms with Crippen molar-refractivity contribution in [3.05, 3.63) is 57.7 Å². The highest BCUT2D eigenvalue weighted by Crippen LogP contribution is 2.39. The van der Waals surface area contributed by atoms with Crippen LogP contribution in [0.5, 0.6) is 0 Å². The second-order valence-electron chi connectivity index (χ2n) is 6.09. The van der Waals surface area contributed by atoms with E-state index >= 15 is 0 Å². The minimum absolute atomic E-state index is 0.128. The number of aromatic nitrogens is 4. The van der Waals surface area contributed by atoms with E-state index in [9.17, 15) is 9.59 Å². The van der Waals surface area contributed by atoms with Crippen LogP contribution in [0.4, 0.5) is 5.13 Å². The summed E-state index contributed by atoms with van der Waals surface area (Å²) >= 11 is 1.36. The van der Waals surface area contributed by atoms with Crippen LogP contribution in [-0.2, 0) is 11.3 Å². The Morgan fingerprint density at radius 2 is 2.08 bits per heavy atom. The van der Waals surface area contributed by atoms with E-state index in [1.54, 1.807) is 4.57 Å². The minimum Gasteiger partial charge on any atom is -0.300 e. The molecule has 1 aromatic carbocycles. The molecule has 3 aromatic rings. The Morgan fingerprint density at radius 3 is 2.72 bits per heavy atom. The summed E-state index contributed by atoms with van der Waals surface area (Å²) in [6, 6.07) is 9.41. The zero-order valence-electron chi connectivity index (χ0n) is 13.7. The molecular weight excluding hydrogens is 338 g/mol. The highest BCUT2D eigenvalue weighted by atomic mass is 32.1. The molecule has 0 aliphatic heterocycles. The fourth-order valence-electron chi connectivity index (χ4n) is 2.66. The van der Waals surface area contributed by atoms with Crippen molar-refractivity contribution in [2.45, 2.75) is 32.2 Å². The second kappa shape index (κ2) is 6.29. The smallest absolute Gasteiger partial charge is 0.300 e. The van der Waals surface area contributed by atoms with Gasteiger partial charge in [0.1, 0.15) is 12.4 Å². The topological polar surface area (TPSA) is 81.8 Å². The molecule has 0 spiro atoms. The van der Waals surface area contributed by atoms with Gasteiger partial charge in [-0.05, 0) is 31.9 Å². The molecule has 1 amide bonds. The number of para-hydroxylation sites is 1. The van der Waals surface area contributed by atoms with Gasteiger partial charge in [0.05, 0.1) is 11.4 Å². The first-order chi connectivity index (χ1) is 12.1. The van der Waals surface area contributed by atoms with Crippen molar-refractivity contribution in [1.29, 1.82) is 0 Å². The van der Waals surface area contributed by atoms with Crippen LogP contribution in [0, 0.1) is 6.92 Å². The first-order valence-corrected chi connectivity index (χ1v) is 8.97. The van der Waals surface area contributed by atoms with Crippen LogP contribution in [0.3, 0.4) is 0 Å². The minimum atomic E-state index is -0.309. The summed E-state index contributed by atoms with van der Waals surface area (Å²) in [5, 5.41) is 9.52. The van der Waals surface area contributed by atoms with Crippen molar-refractivity contribution in [3.63, 3.8) is 0 Å². The molecule has 0 unspecified atom stereocenters. The number of aryl methyl sites for hydroxylation is 1. The SMILES string of the molecule is Cc1csc(NC(=O)Cn2nc(C3CC3)n(-c3ccccc3)c2=O)n1. The van der Waals surface area contributed by atoms with Crippen LogP contribution in [0.25, 0.3) is 5.69 Å². The molecule has 2 aromatic heterocycles. The Morgan fingerprint density at radius 1 is 1.32 bits per heavy atom. The molecule has 4 rings (SSSR count). The summed E-state index contributed by atoms with van der Waals surface area (Å²) in [6.45, 7) is 1.73. The summed E-state index contributed by atoms with van der Waals surface area (Å²) < 4.78 is 2.84. The van der Waals surface area contributed by atoms with E-state index in [2.05, 4.69) is 15.4 Å². The fraction of sp³-hybridized carbons (Fsp3) is 0.294. The van der Waals surface area contributed by atoms with Gasteiger partial charge in [0.15, 0.2) is 5.13 Å². The molecule has 1 aliphatic rings. The summed E-state index contributed by atoms with van der Waals surface area (Å²) in [6.07, 6.45) is 2.04. The van der Waals surface area contributed by atoms with Crippen LogP contribution in [-0.4, -0.2) is 25.2 Å². The van der Waals surface area contributed by atoms with Crippen molar-refractivity contribution in [3.8, 4) is 5.69 Å². The van der Waals surface area contributed by atoms with Crippen LogP contribution >= 0.6 is 11.3 Å². The predicted octanol–water partition coefficient (Wildman–Crippen LogP) is 2.32. The molecule has 0 radical (unpaired) electrons. The van der Waals surface area contributed by atoms with E-state index in [1.807, 2.05) is 42.6 Å². The number of amides is 1. The molecule has 0 atom stereocenters. The highest BCUT2D eigenvalue weighted by molar-refractivity contribution is 7.13. The highest BCUT2D eigenvalue weighted by Gasteiger charge is 2.31. The molecule has 1 N–H and O–H groups in total.